The minimum absolute atomic E-state index is 0.200. The van der Waals surface area contributed by atoms with Gasteiger partial charge in [-0.15, -0.1) is 0 Å². The Kier molecular flexibility index (Phi) is 7.61. The number of furan rings is 1. The number of amides is 1. The number of carbonyl (C=O) groups excluding carboxylic acids is 1. The van der Waals surface area contributed by atoms with Gasteiger partial charge in [-0.05, 0) is 87.1 Å². The number of hydrogen-bond donors (Lipinski definition) is 1. The molecule has 9 heteroatoms. The molecule has 1 amide bonds. The number of hydrogen-bond acceptors (Lipinski definition) is 4. The molecule has 1 N–H and O–H groups in total. The summed E-state index contributed by atoms with van der Waals surface area (Å²) in [5.41, 5.74) is 4.10. The van der Waals surface area contributed by atoms with Gasteiger partial charge in [0.25, 0.3) is 0 Å². The molecule has 0 aliphatic heterocycles. The SMILES string of the molecule is O=C(N/N=C/c1cc(I)c(OCc2ccc(Cl)cc2Cl)c(I)c1)c1ccco1. The Morgan fingerprint density at radius 2 is 1.93 bits per heavy atom. The van der Waals surface area contributed by atoms with Crippen LogP contribution in [0.15, 0.2) is 58.2 Å². The van der Waals surface area contributed by atoms with Crippen LogP contribution in [0, 0.1) is 7.14 Å². The third-order valence-corrected chi connectivity index (χ3v) is 5.72. The highest BCUT2D eigenvalue weighted by Crippen LogP contribution is 2.30. The number of nitrogens with one attached hydrogen (secondary N) is 1. The summed E-state index contributed by atoms with van der Waals surface area (Å²) < 4.78 is 12.8. The van der Waals surface area contributed by atoms with Crippen molar-refractivity contribution in [2.75, 3.05) is 0 Å². The topological polar surface area (TPSA) is 63.8 Å². The molecule has 1 aromatic heterocycles. The number of rotatable bonds is 6. The minimum Gasteiger partial charge on any atom is -0.487 e. The Morgan fingerprint density at radius 3 is 2.57 bits per heavy atom. The maximum absolute atomic E-state index is 11.8. The van der Waals surface area contributed by atoms with Crippen molar-refractivity contribution in [3.8, 4) is 5.75 Å². The largest absolute Gasteiger partial charge is 0.487 e. The number of benzene rings is 2. The predicted octanol–water partition coefficient (Wildman–Crippen LogP) is 6.14. The second-order valence-corrected chi connectivity index (χ2v) is 8.68. The number of carbonyl (C=O) groups is 1. The Hall–Kier alpha value is -1.30. The molecule has 3 rings (SSSR count). The highest BCUT2D eigenvalue weighted by Gasteiger charge is 2.11. The smallest absolute Gasteiger partial charge is 0.307 e. The summed E-state index contributed by atoms with van der Waals surface area (Å²) >= 11 is 16.5. The third-order valence-electron chi connectivity index (χ3n) is 3.53. The van der Waals surface area contributed by atoms with Crippen molar-refractivity contribution < 1.29 is 13.9 Å². The molecule has 0 bridgehead atoms. The van der Waals surface area contributed by atoms with Gasteiger partial charge in [-0.2, -0.15) is 5.10 Å². The fraction of sp³-hybridized carbons (Fsp3) is 0.0526. The summed E-state index contributed by atoms with van der Waals surface area (Å²) in [6, 6.07) is 12.3. The molecule has 0 fully saturated rings. The van der Waals surface area contributed by atoms with E-state index in [1.165, 1.54) is 6.26 Å². The molecule has 0 unspecified atom stereocenters. The van der Waals surface area contributed by atoms with Gasteiger partial charge in [0, 0.05) is 15.6 Å². The van der Waals surface area contributed by atoms with Gasteiger partial charge in [0.2, 0.25) is 0 Å². The molecule has 0 atom stereocenters. The zero-order chi connectivity index (χ0) is 20.1. The van der Waals surface area contributed by atoms with E-state index >= 15 is 0 Å². The van der Waals surface area contributed by atoms with Crippen LogP contribution in [0.4, 0.5) is 0 Å². The van der Waals surface area contributed by atoms with Gasteiger partial charge >= 0.3 is 5.91 Å². The van der Waals surface area contributed by atoms with Crippen LogP contribution in [0.2, 0.25) is 10.0 Å². The zero-order valence-corrected chi connectivity index (χ0v) is 19.9. The van der Waals surface area contributed by atoms with Gasteiger partial charge in [0.1, 0.15) is 12.4 Å². The predicted molar refractivity (Wildman–Crippen MR) is 126 cm³/mol. The molecule has 5 nitrogen and oxygen atoms in total. The summed E-state index contributed by atoms with van der Waals surface area (Å²) in [7, 11) is 0. The quantitative estimate of drug-likeness (QED) is 0.200. The molecule has 0 radical (unpaired) electrons. The second kappa shape index (κ2) is 9.95. The van der Waals surface area contributed by atoms with Crippen molar-refractivity contribution in [3.63, 3.8) is 0 Å². The van der Waals surface area contributed by atoms with Gasteiger partial charge in [0.15, 0.2) is 5.76 Å². The molecule has 0 saturated heterocycles. The van der Waals surface area contributed by atoms with E-state index in [2.05, 4.69) is 55.7 Å². The summed E-state index contributed by atoms with van der Waals surface area (Å²) in [4.78, 5) is 11.8. The monoisotopic (exact) mass is 640 g/mol. The lowest BCUT2D eigenvalue weighted by molar-refractivity contribution is 0.0927. The molecule has 2 aromatic carbocycles. The van der Waals surface area contributed by atoms with E-state index in [0.717, 1.165) is 24.0 Å². The fourth-order valence-electron chi connectivity index (χ4n) is 2.21. The minimum atomic E-state index is -0.412. The molecular formula is C19H12Cl2I2N2O3. The average molecular weight is 641 g/mol. The highest BCUT2D eigenvalue weighted by atomic mass is 127. The second-order valence-electron chi connectivity index (χ2n) is 5.51. The number of halogens is 4. The van der Waals surface area contributed by atoms with Gasteiger partial charge in [-0.25, -0.2) is 5.43 Å². The van der Waals surface area contributed by atoms with Crippen molar-refractivity contribution in [1.82, 2.24) is 5.43 Å². The zero-order valence-electron chi connectivity index (χ0n) is 14.1. The van der Waals surface area contributed by atoms with Crippen LogP contribution < -0.4 is 10.2 Å². The first-order valence-electron chi connectivity index (χ1n) is 7.86. The Bertz CT molecular complexity index is 1000. The summed E-state index contributed by atoms with van der Waals surface area (Å²) in [6.07, 6.45) is 2.99. The lowest BCUT2D eigenvalue weighted by Gasteiger charge is -2.12. The fourth-order valence-corrected chi connectivity index (χ4v) is 4.80. The summed E-state index contributed by atoms with van der Waals surface area (Å²) in [5.74, 6) is 0.542. The molecule has 0 aliphatic rings. The van der Waals surface area contributed by atoms with Crippen LogP contribution in [0.1, 0.15) is 21.7 Å². The first kappa shape index (κ1) is 21.4. The summed E-state index contributed by atoms with van der Waals surface area (Å²) in [6.45, 7) is 0.328. The van der Waals surface area contributed by atoms with Gasteiger partial charge in [0.05, 0.1) is 19.6 Å². The van der Waals surface area contributed by atoms with Crippen LogP contribution in [-0.2, 0) is 6.61 Å². The van der Waals surface area contributed by atoms with Crippen molar-refractivity contribution in [3.05, 3.63) is 82.8 Å². The van der Waals surface area contributed by atoms with Crippen LogP contribution in [0.3, 0.4) is 0 Å². The third kappa shape index (κ3) is 5.62. The highest BCUT2D eigenvalue weighted by molar-refractivity contribution is 14.1. The number of ether oxygens (including phenoxy) is 1. The van der Waals surface area contributed by atoms with Crippen molar-refractivity contribution in [2.45, 2.75) is 6.61 Å². The Labute approximate surface area is 198 Å². The number of hydrazone groups is 1. The van der Waals surface area contributed by atoms with Gasteiger partial charge in [-0.3, -0.25) is 4.79 Å². The molecule has 1 heterocycles. The van der Waals surface area contributed by atoms with Crippen LogP contribution in [-0.4, -0.2) is 12.1 Å². The van der Waals surface area contributed by atoms with Crippen molar-refractivity contribution in [2.24, 2.45) is 5.10 Å². The maximum Gasteiger partial charge on any atom is 0.307 e. The van der Waals surface area contributed by atoms with Crippen LogP contribution in [0.5, 0.6) is 5.75 Å². The van der Waals surface area contributed by atoms with E-state index in [9.17, 15) is 4.79 Å². The molecule has 144 valence electrons. The maximum atomic E-state index is 11.8. The average Bonchev–Trinajstić information content (AvgIpc) is 3.17. The molecular weight excluding hydrogens is 629 g/mol. The summed E-state index contributed by atoms with van der Waals surface area (Å²) in [5, 5.41) is 5.11. The van der Waals surface area contributed by atoms with Crippen molar-refractivity contribution in [1.29, 1.82) is 0 Å². The molecule has 0 spiro atoms. The Morgan fingerprint density at radius 1 is 1.18 bits per heavy atom. The van der Waals surface area contributed by atoms with Gasteiger partial charge < -0.3 is 9.15 Å². The van der Waals surface area contributed by atoms with Gasteiger partial charge in [-0.1, -0.05) is 29.3 Å². The van der Waals surface area contributed by atoms with Crippen LogP contribution >= 0.6 is 68.4 Å². The first-order chi connectivity index (χ1) is 13.4. The molecule has 0 saturated carbocycles. The molecule has 3 aromatic rings. The van der Waals surface area contributed by atoms with E-state index in [-0.39, 0.29) is 5.76 Å². The van der Waals surface area contributed by atoms with E-state index in [1.54, 1.807) is 30.5 Å². The van der Waals surface area contributed by atoms with Crippen LogP contribution in [0.25, 0.3) is 0 Å². The molecule has 28 heavy (non-hydrogen) atoms. The normalized spacial score (nSPS) is 11.0. The van der Waals surface area contributed by atoms with E-state index in [0.29, 0.717) is 16.7 Å². The van der Waals surface area contributed by atoms with E-state index < -0.39 is 5.91 Å². The Balaban J connectivity index is 1.66. The molecule has 0 aliphatic carbocycles. The van der Waals surface area contributed by atoms with Crippen molar-refractivity contribution >= 4 is 80.5 Å². The lowest BCUT2D eigenvalue weighted by atomic mass is 10.2. The lowest BCUT2D eigenvalue weighted by Crippen LogP contribution is -2.16. The first-order valence-corrected chi connectivity index (χ1v) is 10.8. The van der Waals surface area contributed by atoms with E-state index in [4.69, 9.17) is 32.4 Å². The standard InChI is InChI=1S/C19H12Cl2I2N2O3/c20-13-4-3-12(14(21)8-13)10-28-18-15(22)6-11(7-16(18)23)9-24-25-19(26)17-2-1-5-27-17/h1-9H,10H2,(H,25,26)/b24-9+. The van der Waals surface area contributed by atoms with E-state index in [1.807, 2.05) is 18.2 Å². The number of nitrogens with zero attached hydrogens (tertiary/aromatic N) is 1.